The van der Waals surface area contributed by atoms with E-state index in [2.05, 4.69) is 4.98 Å². The van der Waals surface area contributed by atoms with Crippen LogP contribution in [0.3, 0.4) is 0 Å². The number of pyridine rings is 1. The topological polar surface area (TPSA) is 59.4 Å². The van der Waals surface area contributed by atoms with Gasteiger partial charge in [-0.15, -0.1) is 0 Å². The molecule has 4 nitrogen and oxygen atoms in total. The van der Waals surface area contributed by atoms with Gasteiger partial charge in [-0.05, 0) is 36.0 Å². The van der Waals surface area contributed by atoms with E-state index in [4.69, 9.17) is 16.3 Å². The lowest BCUT2D eigenvalue weighted by molar-refractivity contribution is 0.0992. The van der Waals surface area contributed by atoms with Crippen molar-refractivity contribution in [1.82, 2.24) is 4.98 Å². The van der Waals surface area contributed by atoms with Crippen LogP contribution >= 0.6 is 11.6 Å². The van der Waals surface area contributed by atoms with Crippen molar-refractivity contribution in [2.45, 2.75) is 19.8 Å². The number of fused-ring (bicyclic) bond motifs is 1. The summed E-state index contributed by atoms with van der Waals surface area (Å²) in [7, 11) is -0.913. The van der Waals surface area contributed by atoms with Crippen LogP contribution in [0.1, 0.15) is 27.2 Å². The van der Waals surface area contributed by atoms with Gasteiger partial charge in [0.05, 0.1) is 10.6 Å². The number of halogens is 1. The monoisotopic (exact) mass is 315 g/mol. The highest BCUT2D eigenvalue weighted by Crippen LogP contribution is 2.18. The fraction of sp³-hybridized carbons (Fsp3) is 0.250. The Labute approximate surface area is 134 Å². The summed E-state index contributed by atoms with van der Waals surface area (Å²) in [6.45, 7) is 2.34. The van der Waals surface area contributed by atoms with Crippen LogP contribution in [-0.4, -0.2) is 29.5 Å². The lowest BCUT2D eigenvalue weighted by Crippen LogP contribution is -2.41. The highest BCUT2D eigenvalue weighted by Gasteiger charge is 2.25. The number of carbonyl (C=O) groups is 1. The van der Waals surface area contributed by atoms with E-state index in [1.54, 1.807) is 6.07 Å². The first kappa shape index (κ1) is 15.2. The molecule has 1 aliphatic rings. The molecule has 0 fully saturated rings. The van der Waals surface area contributed by atoms with Gasteiger partial charge in [-0.1, -0.05) is 29.8 Å². The van der Waals surface area contributed by atoms with Crippen molar-refractivity contribution in [2.75, 3.05) is 6.61 Å². The van der Waals surface area contributed by atoms with E-state index in [0.29, 0.717) is 17.2 Å². The third-order valence-corrected chi connectivity index (χ3v) is 4.09. The summed E-state index contributed by atoms with van der Waals surface area (Å²) in [5.41, 5.74) is 3.82. The SMILES string of the molecule is Cc1cc(Cl)c(C(=O)Cc2ccc3c(c2)B(O)OCC3)cn1. The van der Waals surface area contributed by atoms with Gasteiger partial charge in [-0.2, -0.15) is 0 Å². The first-order chi connectivity index (χ1) is 10.5. The first-order valence-electron chi connectivity index (χ1n) is 7.11. The minimum atomic E-state index is -0.913. The van der Waals surface area contributed by atoms with E-state index >= 15 is 0 Å². The second-order valence-corrected chi connectivity index (χ2v) is 5.82. The van der Waals surface area contributed by atoms with Gasteiger partial charge in [-0.3, -0.25) is 9.78 Å². The summed E-state index contributed by atoms with van der Waals surface area (Å²) in [5, 5.41) is 10.3. The molecule has 22 heavy (non-hydrogen) atoms. The van der Waals surface area contributed by atoms with E-state index in [-0.39, 0.29) is 12.2 Å². The smallest absolute Gasteiger partial charge is 0.423 e. The van der Waals surface area contributed by atoms with E-state index < -0.39 is 7.12 Å². The molecule has 1 aliphatic heterocycles. The first-order valence-corrected chi connectivity index (χ1v) is 7.49. The number of nitrogens with zero attached hydrogens (tertiary/aromatic N) is 1. The van der Waals surface area contributed by atoms with Crippen molar-refractivity contribution in [3.8, 4) is 0 Å². The number of hydrogen-bond donors (Lipinski definition) is 1. The Bertz CT molecular complexity index is 735. The molecule has 0 unspecified atom stereocenters. The summed E-state index contributed by atoms with van der Waals surface area (Å²) in [6, 6.07) is 7.36. The zero-order valence-corrected chi connectivity index (χ0v) is 12.9. The molecular weight excluding hydrogens is 300 g/mol. The van der Waals surface area contributed by atoms with Gasteiger partial charge in [0.25, 0.3) is 0 Å². The summed E-state index contributed by atoms with van der Waals surface area (Å²) in [5.74, 6) is -0.0938. The molecule has 1 N–H and O–H groups in total. The van der Waals surface area contributed by atoms with Gasteiger partial charge in [0.15, 0.2) is 5.78 Å². The number of aromatic nitrogens is 1. The number of Topliss-reactive ketones (excluding diaryl/α,β-unsaturated/α-hetero) is 1. The minimum Gasteiger partial charge on any atom is -0.423 e. The van der Waals surface area contributed by atoms with Gasteiger partial charge in [0.2, 0.25) is 0 Å². The zero-order chi connectivity index (χ0) is 15.7. The van der Waals surface area contributed by atoms with E-state index in [0.717, 1.165) is 28.7 Å². The molecule has 2 heterocycles. The quantitative estimate of drug-likeness (QED) is 0.692. The van der Waals surface area contributed by atoms with Crippen LogP contribution < -0.4 is 5.46 Å². The molecule has 0 spiro atoms. The van der Waals surface area contributed by atoms with Crippen LogP contribution in [0.4, 0.5) is 0 Å². The summed E-state index contributed by atoms with van der Waals surface area (Å²) < 4.78 is 5.22. The molecule has 112 valence electrons. The largest absolute Gasteiger partial charge is 0.491 e. The summed E-state index contributed by atoms with van der Waals surface area (Å²) in [4.78, 5) is 16.5. The number of ketones is 1. The van der Waals surface area contributed by atoms with Crippen molar-refractivity contribution in [1.29, 1.82) is 0 Å². The molecule has 1 aromatic heterocycles. The van der Waals surface area contributed by atoms with Crippen molar-refractivity contribution < 1.29 is 14.5 Å². The third-order valence-electron chi connectivity index (χ3n) is 3.78. The lowest BCUT2D eigenvalue weighted by Gasteiger charge is -2.19. The Kier molecular flexibility index (Phi) is 4.29. The second-order valence-electron chi connectivity index (χ2n) is 5.41. The van der Waals surface area contributed by atoms with Crippen molar-refractivity contribution in [3.05, 3.63) is 57.9 Å². The molecule has 0 saturated heterocycles. The molecule has 0 amide bonds. The number of rotatable bonds is 3. The summed E-state index contributed by atoms with van der Waals surface area (Å²) in [6.07, 6.45) is 2.50. The highest BCUT2D eigenvalue weighted by atomic mass is 35.5. The zero-order valence-electron chi connectivity index (χ0n) is 12.2. The molecule has 0 atom stereocenters. The van der Waals surface area contributed by atoms with Crippen LogP contribution in [0.15, 0.2) is 30.5 Å². The maximum absolute atomic E-state index is 12.4. The Morgan fingerprint density at radius 2 is 2.27 bits per heavy atom. The lowest BCUT2D eigenvalue weighted by atomic mass is 9.73. The number of carbonyl (C=O) groups excluding carboxylic acids is 1. The number of aryl methyl sites for hydroxylation is 1. The molecule has 3 rings (SSSR count). The Hall–Kier alpha value is -1.69. The fourth-order valence-corrected chi connectivity index (χ4v) is 2.91. The molecular formula is C16H15BClNO3. The van der Waals surface area contributed by atoms with Gasteiger partial charge in [-0.25, -0.2) is 0 Å². The maximum atomic E-state index is 12.4. The van der Waals surface area contributed by atoms with Crippen molar-refractivity contribution >= 4 is 30.0 Å². The molecule has 0 saturated carbocycles. The number of benzene rings is 1. The second kappa shape index (κ2) is 6.20. The van der Waals surface area contributed by atoms with Crippen LogP contribution in [0, 0.1) is 6.92 Å². The van der Waals surface area contributed by atoms with Crippen LogP contribution in [0.5, 0.6) is 0 Å². The molecule has 6 heteroatoms. The predicted molar refractivity (Wildman–Crippen MR) is 85.7 cm³/mol. The van der Waals surface area contributed by atoms with Crippen molar-refractivity contribution in [3.63, 3.8) is 0 Å². The van der Waals surface area contributed by atoms with Gasteiger partial charge in [0, 0.05) is 24.9 Å². The molecule has 0 radical (unpaired) electrons. The maximum Gasteiger partial charge on any atom is 0.491 e. The highest BCUT2D eigenvalue weighted by molar-refractivity contribution is 6.60. The molecule has 2 aromatic rings. The van der Waals surface area contributed by atoms with Crippen LogP contribution in [0.2, 0.25) is 5.02 Å². The van der Waals surface area contributed by atoms with Crippen LogP contribution in [-0.2, 0) is 17.5 Å². The molecule has 0 bridgehead atoms. The average molecular weight is 316 g/mol. The van der Waals surface area contributed by atoms with Gasteiger partial charge in [0.1, 0.15) is 0 Å². The molecule has 1 aromatic carbocycles. The predicted octanol–water partition coefficient (Wildman–Crippen LogP) is 1.73. The number of hydrogen-bond acceptors (Lipinski definition) is 4. The average Bonchev–Trinajstić information content (AvgIpc) is 2.48. The van der Waals surface area contributed by atoms with E-state index in [1.807, 2.05) is 25.1 Å². The third kappa shape index (κ3) is 3.07. The molecule has 0 aliphatic carbocycles. The minimum absolute atomic E-state index is 0.0938. The summed E-state index contributed by atoms with van der Waals surface area (Å²) >= 11 is 6.11. The standard InChI is InChI=1S/C16H15BClNO3/c1-10-6-15(18)13(9-19-10)16(20)8-11-2-3-12-4-5-22-17(21)14(12)7-11/h2-3,6-7,9,21H,4-5,8H2,1H3. The Morgan fingerprint density at radius 3 is 3.05 bits per heavy atom. The van der Waals surface area contributed by atoms with E-state index in [1.165, 1.54) is 6.20 Å². The van der Waals surface area contributed by atoms with Gasteiger partial charge < -0.3 is 9.68 Å². The fourth-order valence-electron chi connectivity index (χ4n) is 2.59. The van der Waals surface area contributed by atoms with Crippen LogP contribution in [0.25, 0.3) is 0 Å². The Morgan fingerprint density at radius 1 is 1.45 bits per heavy atom. The Balaban J connectivity index is 1.84. The van der Waals surface area contributed by atoms with E-state index in [9.17, 15) is 9.82 Å². The van der Waals surface area contributed by atoms with Crippen molar-refractivity contribution in [2.24, 2.45) is 0 Å². The normalized spacial score (nSPS) is 13.9. The van der Waals surface area contributed by atoms with Gasteiger partial charge >= 0.3 is 7.12 Å².